The number of aromatic nitrogens is 1. The SMILES string of the molecule is COC(=O)Nc1cccc(NC(=O)Cc2csc(N)n2)c1. The molecule has 0 fully saturated rings. The number of nitrogen functional groups attached to an aromatic ring is 1. The second kappa shape index (κ2) is 6.71. The van der Waals surface area contributed by atoms with Crippen molar-refractivity contribution >= 4 is 39.8 Å². The Bertz CT molecular complexity index is 656. The highest BCUT2D eigenvalue weighted by molar-refractivity contribution is 7.13. The molecule has 2 amide bonds. The molecule has 0 atom stereocenters. The summed E-state index contributed by atoms with van der Waals surface area (Å²) in [7, 11) is 1.28. The summed E-state index contributed by atoms with van der Waals surface area (Å²) in [5.41, 5.74) is 7.23. The lowest BCUT2D eigenvalue weighted by Crippen LogP contribution is -2.15. The molecular weight excluding hydrogens is 292 g/mol. The van der Waals surface area contributed by atoms with Gasteiger partial charge in [0, 0.05) is 16.8 Å². The zero-order valence-electron chi connectivity index (χ0n) is 11.3. The van der Waals surface area contributed by atoms with Crippen LogP contribution in [0, 0.1) is 0 Å². The number of carbonyl (C=O) groups excluding carboxylic acids is 2. The van der Waals surface area contributed by atoms with Crippen LogP contribution in [-0.2, 0) is 16.0 Å². The number of nitrogens with zero attached hydrogens (tertiary/aromatic N) is 1. The number of nitrogens with one attached hydrogen (secondary N) is 2. The van der Waals surface area contributed by atoms with Crippen LogP contribution in [0.5, 0.6) is 0 Å². The second-order valence-electron chi connectivity index (χ2n) is 4.10. The quantitative estimate of drug-likeness (QED) is 0.802. The van der Waals surface area contributed by atoms with Crippen LogP contribution in [-0.4, -0.2) is 24.1 Å². The highest BCUT2D eigenvalue weighted by Crippen LogP contribution is 2.16. The summed E-state index contributed by atoms with van der Waals surface area (Å²) >= 11 is 1.29. The molecule has 4 N–H and O–H groups in total. The summed E-state index contributed by atoms with van der Waals surface area (Å²) in [6, 6.07) is 6.75. The van der Waals surface area contributed by atoms with Crippen LogP contribution < -0.4 is 16.4 Å². The molecule has 0 spiro atoms. The van der Waals surface area contributed by atoms with Gasteiger partial charge in [0.25, 0.3) is 0 Å². The molecule has 1 aromatic heterocycles. The minimum atomic E-state index is -0.573. The molecule has 0 radical (unpaired) electrons. The van der Waals surface area contributed by atoms with E-state index in [1.165, 1.54) is 18.4 Å². The van der Waals surface area contributed by atoms with E-state index in [1.807, 2.05) is 0 Å². The fourth-order valence-electron chi connectivity index (χ4n) is 1.62. The standard InChI is InChI=1S/C13H14N4O3S/c1-20-13(19)17-9-4-2-3-8(5-9)15-11(18)6-10-7-21-12(14)16-10/h2-5,7H,6H2,1H3,(H2,14,16)(H,15,18)(H,17,19). The van der Waals surface area contributed by atoms with E-state index in [9.17, 15) is 9.59 Å². The van der Waals surface area contributed by atoms with E-state index in [2.05, 4.69) is 20.4 Å². The first-order valence-corrected chi connectivity index (χ1v) is 6.89. The molecular formula is C13H14N4O3S. The van der Waals surface area contributed by atoms with Gasteiger partial charge in [0.05, 0.1) is 19.2 Å². The van der Waals surface area contributed by atoms with Crippen LogP contribution >= 0.6 is 11.3 Å². The number of thiazole rings is 1. The predicted molar refractivity (Wildman–Crippen MR) is 81.3 cm³/mol. The van der Waals surface area contributed by atoms with Crippen molar-refractivity contribution in [3.05, 3.63) is 35.3 Å². The van der Waals surface area contributed by atoms with Crippen molar-refractivity contribution in [1.82, 2.24) is 4.98 Å². The van der Waals surface area contributed by atoms with Crippen molar-refractivity contribution in [3.8, 4) is 0 Å². The molecule has 2 aromatic rings. The van der Waals surface area contributed by atoms with Gasteiger partial charge >= 0.3 is 6.09 Å². The van der Waals surface area contributed by atoms with E-state index in [0.29, 0.717) is 22.2 Å². The smallest absolute Gasteiger partial charge is 0.411 e. The maximum Gasteiger partial charge on any atom is 0.411 e. The summed E-state index contributed by atoms with van der Waals surface area (Å²) in [4.78, 5) is 27.0. The molecule has 1 aromatic carbocycles. The lowest BCUT2D eigenvalue weighted by atomic mass is 10.2. The summed E-state index contributed by atoms with van der Waals surface area (Å²) in [6.07, 6.45) is -0.432. The van der Waals surface area contributed by atoms with Gasteiger partial charge in [0.2, 0.25) is 5.91 Å². The number of methoxy groups -OCH3 is 1. The van der Waals surface area contributed by atoms with Crippen LogP contribution in [0.15, 0.2) is 29.6 Å². The lowest BCUT2D eigenvalue weighted by molar-refractivity contribution is -0.115. The third-order valence-electron chi connectivity index (χ3n) is 2.49. The van der Waals surface area contributed by atoms with Crippen molar-refractivity contribution in [2.24, 2.45) is 0 Å². The maximum absolute atomic E-state index is 11.9. The van der Waals surface area contributed by atoms with Gasteiger partial charge in [-0.25, -0.2) is 9.78 Å². The van der Waals surface area contributed by atoms with Crippen LogP contribution in [0.1, 0.15) is 5.69 Å². The molecule has 0 bridgehead atoms. The van der Waals surface area contributed by atoms with Gasteiger partial charge in [-0.15, -0.1) is 11.3 Å². The zero-order chi connectivity index (χ0) is 15.2. The third kappa shape index (κ3) is 4.46. The Morgan fingerprint density at radius 3 is 2.67 bits per heavy atom. The second-order valence-corrected chi connectivity index (χ2v) is 4.99. The summed E-state index contributed by atoms with van der Waals surface area (Å²) in [6.45, 7) is 0. The number of carbonyl (C=O) groups is 2. The molecule has 0 aliphatic rings. The van der Waals surface area contributed by atoms with Crippen LogP contribution in [0.25, 0.3) is 0 Å². The average molecular weight is 306 g/mol. The molecule has 1 heterocycles. The normalized spacial score (nSPS) is 9.95. The van der Waals surface area contributed by atoms with Gasteiger partial charge < -0.3 is 15.8 Å². The number of hydrogen-bond donors (Lipinski definition) is 3. The Morgan fingerprint density at radius 2 is 2.05 bits per heavy atom. The summed E-state index contributed by atoms with van der Waals surface area (Å²) in [5.74, 6) is -0.212. The molecule has 0 unspecified atom stereocenters. The molecule has 8 heteroatoms. The van der Waals surface area contributed by atoms with Gasteiger partial charge in [0.15, 0.2) is 5.13 Å². The van der Waals surface area contributed by atoms with Gasteiger partial charge in [0.1, 0.15) is 0 Å². The Hall–Kier alpha value is -2.61. The fourth-order valence-corrected chi connectivity index (χ4v) is 2.18. The minimum absolute atomic E-state index is 0.141. The molecule has 0 saturated carbocycles. The molecule has 21 heavy (non-hydrogen) atoms. The third-order valence-corrected chi connectivity index (χ3v) is 3.21. The minimum Gasteiger partial charge on any atom is -0.453 e. The lowest BCUT2D eigenvalue weighted by Gasteiger charge is -2.07. The van der Waals surface area contributed by atoms with E-state index in [4.69, 9.17) is 5.73 Å². The highest BCUT2D eigenvalue weighted by atomic mass is 32.1. The number of ether oxygens (including phenoxy) is 1. The Balaban J connectivity index is 1.97. The molecule has 2 rings (SSSR count). The van der Waals surface area contributed by atoms with Crippen molar-refractivity contribution in [1.29, 1.82) is 0 Å². The Morgan fingerprint density at radius 1 is 1.33 bits per heavy atom. The largest absolute Gasteiger partial charge is 0.453 e. The highest BCUT2D eigenvalue weighted by Gasteiger charge is 2.08. The number of anilines is 3. The monoisotopic (exact) mass is 306 g/mol. The van der Waals surface area contributed by atoms with Crippen molar-refractivity contribution in [2.45, 2.75) is 6.42 Å². The van der Waals surface area contributed by atoms with E-state index >= 15 is 0 Å². The van der Waals surface area contributed by atoms with Crippen molar-refractivity contribution < 1.29 is 14.3 Å². The number of hydrogen-bond acceptors (Lipinski definition) is 6. The first kappa shape index (κ1) is 14.8. The Labute approximate surface area is 125 Å². The number of benzene rings is 1. The number of rotatable bonds is 4. The van der Waals surface area contributed by atoms with E-state index < -0.39 is 6.09 Å². The van der Waals surface area contributed by atoms with Crippen molar-refractivity contribution in [2.75, 3.05) is 23.5 Å². The first-order chi connectivity index (χ1) is 10.1. The summed E-state index contributed by atoms with van der Waals surface area (Å²) < 4.78 is 4.50. The van der Waals surface area contributed by atoms with E-state index in [0.717, 1.165) is 0 Å². The molecule has 110 valence electrons. The van der Waals surface area contributed by atoms with Gasteiger partial charge in [-0.1, -0.05) is 6.07 Å². The molecule has 0 saturated heterocycles. The van der Waals surface area contributed by atoms with Crippen LogP contribution in [0.2, 0.25) is 0 Å². The zero-order valence-corrected chi connectivity index (χ0v) is 12.1. The van der Waals surface area contributed by atoms with Crippen molar-refractivity contribution in [3.63, 3.8) is 0 Å². The van der Waals surface area contributed by atoms with Crippen LogP contribution in [0.4, 0.5) is 21.3 Å². The molecule has 0 aliphatic heterocycles. The maximum atomic E-state index is 11.9. The van der Waals surface area contributed by atoms with Crippen LogP contribution in [0.3, 0.4) is 0 Å². The van der Waals surface area contributed by atoms with Gasteiger partial charge in [-0.05, 0) is 18.2 Å². The van der Waals surface area contributed by atoms with E-state index in [-0.39, 0.29) is 12.3 Å². The molecule has 7 nitrogen and oxygen atoms in total. The Kier molecular flexibility index (Phi) is 4.72. The number of amides is 2. The first-order valence-electron chi connectivity index (χ1n) is 6.01. The van der Waals surface area contributed by atoms with Gasteiger partial charge in [-0.3, -0.25) is 10.1 Å². The van der Waals surface area contributed by atoms with Gasteiger partial charge in [-0.2, -0.15) is 0 Å². The molecule has 0 aliphatic carbocycles. The van der Waals surface area contributed by atoms with E-state index in [1.54, 1.807) is 29.6 Å². The predicted octanol–water partition coefficient (Wildman–Crippen LogP) is 2.08. The number of nitrogens with two attached hydrogens (primary N) is 1. The topological polar surface area (TPSA) is 106 Å². The average Bonchev–Trinajstić information content (AvgIpc) is 2.84. The fraction of sp³-hybridized carbons (Fsp3) is 0.154. The summed E-state index contributed by atoms with van der Waals surface area (Å²) in [5, 5.41) is 7.42.